The molecule has 1 saturated heterocycles. The highest BCUT2D eigenvalue weighted by Crippen LogP contribution is 2.23. The molecular formula is C14H21N5. The molecule has 0 bridgehead atoms. The molecule has 2 aromatic rings. The van der Waals surface area contributed by atoms with Crippen molar-refractivity contribution in [1.82, 2.24) is 14.6 Å². The minimum Gasteiger partial charge on any atom is -0.356 e. The molecule has 19 heavy (non-hydrogen) atoms. The standard InChI is InChI=1S/C14H21N5/c1-3-11(15)12-8-13-16-14(18-6-4-5-7-18)10(2)9-19(13)17-12/h8-9,11H,3-7,15H2,1-2H3/t11-/m0/s1. The molecule has 3 rings (SSSR count). The van der Waals surface area contributed by atoms with E-state index in [1.165, 1.54) is 18.4 Å². The minimum absolute atomic E-state index is 0.00255. The van der Waals surface area contributed by atoms with Crippen molar-refractivity contribution in [1.29, 1.82) is 0 Å². The summed E-state index contributed by atoms with van der Waals surface area (Å²) in [7, 11) is 0. The van der Waals surface area contributed by atoms with E-state index in [4.69, 9.17) is 10.7 Å². The highest BCUT2D eigenvalue weighted by atomic mass is 15.3. The van der Waals surface area contributed by atoms with Crippen LogP contribution < -0.4 is 10.6 Å². The summed E-state index contributed by atoms with van der Waals surface area (Å²) in [5.74, 6) is 1.10. The van der Waals surface area contributed by atoms with E-state index in [-0.39, 0.29) is 6.04 Å². The summed E-state index contributed by atoms with van der Waals surface area (Å²) in [6.45, 7) is 6.39. The number of hydrogen-bond donors (Lipinski definition) is 1. The Labute approximate surface area is 113 Å². The number of aryl methyl sites for hydroxylation is 1. The first-order valence-electron chi connectivity index (χ1n) is 7.06. The molecule has 0 amide bonds. The summed E-state index contributed by atoms with van der Waals surface area (Å²) in [5.41, 5.74) is 9.04. The molecule has 3 heterocycles. The summed E-state index contributed by atoms with van der Waals surface area (Å²) in [6.07, 6.45) is 5.47. The number of aromatic nitrogens is 3. The SMILES string of the molecule is CC[C@H](N)c1cc2nc(N3CCCC3)c(C)cn2n1. The molecular weight excluding hydrogens is 238 g/mol. The van der Waals surface area contributed by atoms with Crippen molar-refractivity contribution in [3.8, 4) is 0 Å². The van der Waals surface area contributed by atoms with Crippen LogP contribution in [0.25, 0.3) is 5.65 Å². The Hall–Kier alpha value is -1.62. The molecule has 0 aromatic carbocycles. The Bertz CT molecular complexity index is 583. The molecule has 0 saturated carbocycles. The van der Waals surface area contributed by atoms with Gasteiger partial charge in [-0.15, -0.1) is 0 Å². The summed E-state index contributed by atoms with van der Waals surface area (Å²) >= 11 is 0. The topological polar surface area (TPSA) is 59.5 Å². The Kier molecular flexibility index (Phi) is 3.14. The molecule has 1 aliphatic heterocycles. The number of rotatable bonds is 3. The van der Waals surface area contributed by atoms with E-state index in [1.807, 2.05) is 10.6 Å². The van der Waals surface area contributed by atoms with Crippen LogP contribution >= 0.6 is 0 Å². The predicted molar refractivity (Wildman–Crippen MR) is 76.4 cm³/mol. The molecule has 1 aliphatic rings. The molecule has 1 fully saturated rings. The lowest BCUT2D eigenvalue weighted by molar-refractivity contribution is 0.664. The van der Waals surface area contributed by atoms with Gasteiger partial charge >= 0.3 is 0 Å². The largest absolute Gasteiger partial charge is 0.356 e. The third kappa shape index (κ3) is 2.18. The summed E-state index contributed by atoms with van der Waals surface area (Å²) in [6, 6.07) is 2.00. The zero-order valence-corrected chi connectivity index (χ0v) is 11.6. The molecule has 5 heteroatoms. The maximum absolute atomic E-state index is 6.04. The fraction of sp³-hybridized carbons (Fsp3) is 0.571. The average Bonchev–Trinajstić information content (AvgIpc) is 3.04. The van der Waals surface area contributed by atoms with Crippen LogP contribution in [0.5, 0.6) is 0 Å². The number of hydrogen-bond acceptors (Lipinski definition) is 4. The zero-order valence-electron chi connectivity index (χ0n) is 11.6. The Morgan fingerprint density at radius 2 is 2.11 bits per heavy atom. The fourth-order valence-corrected chi connectivity index (χ4v) is 2.66. The Morgan fingerprint density at radius 1 is 1.37 bits per heavy atom. The second kappa shape index (κ2) is 4.81. The van der Waals surface area contributed by atoms with Crippen LogP contribution in [0.4, 0.5) is 5.82 Å². The predicted octanol–water partition coefficient (Wildman–Crippen LogP) is 2.05. The maximum atomic E-state index is 6.04. The van der Waals surface area contributed by atoms with Gasteiger partial charge in [-0.25, -0.2) is 9.50 Å². The Balaban J connectivity index is 2.03. The van der Waals surface area contributed by atoms with Crippen molar-refractivity contribution < 1.29 is 0 Å². The van der Waals surface area contributed by atoms with Gasteiger partial charge in [0.15, 0.2) is 5.65 Å². The van der Waals surface area contributed by atoms with Crippen molar-refractivity contribution in [2.24, 2.45) is 5.73 Å². The number of nitrogens with two attached hydrogens (primary N) is 1. The monoisotopic (exact) mass is 259 g/mol. The average molecular weight is 259 g/mol. The van der Waals surface area contributed by atoms with E-state index in [0.717, 1.165) is 36.7 Å². The van der Waals surface area contributed by atoms with Gasteiger partial charge in [0.2, 0.25) is 0 Å². The molecule has 2 aromatic heterocycles. The summed E-state index contributed by atoms with van der Waals surface area (Å²) in [5, 5.41) is 4.52. The molecule has 0 unspecified atom stereocenters. The smallest absolute Gasteiger partial charge is 0.157 e. The molecule has 2 N–H and O–H groups in total. The normalized spacial score (nSPS) is 17.3. The van der Waals surface area contributed by atoms with Gasteiger partial charge in [-0.1, -0.05) is 6.92 Å². The second-order valence-electron chi connectivity index (χ2n) is 5.33. The number of nitrogens with zero attached hydrogens (tertiary/aromatic N) is 4. The van der Waals surface area contributed by atoms with Gasteiger partial charge in [0.05, 0.1) is 5.69 Å². The van der Waals surface area contributed by atoms with Gasteiger partial charge in [0, 0.05) is 37.0 Å². The van der Waals surface area contributed by atoms with Crippen LogP contribution in [0.3, 0.4) is 0 Å². The Morgan fingerprint density at radius 3 is 2.79 bits per heavy atom. The van der Waals surface area contributed by atoms with Gasteiger partial charge < -0.3 is 10.6 Å². The number of fused-ring (bicyclic) bond motifs is 1. The zero-order chi connectivity index (χ0) is 13.4. The first-order chi connectivity index (χ1) is 9.19. The second-order valence-corrected chi connectivity index (χ2v) is 5.33. The van der Waals surface area contributed by atoms with Crippen molar-refractivity contribution in [3.05, 3.63) is 23.5 Å². The molecule has 0 aliphatic carbocycles. The van der Waals surface area contributed by atoms with E-state index in [9.17, 15) is 0 Å². The maximum Gasteiger partial charge on any atom is 0.157 e. The van der Waals surface area contributed by atoms with E-state index in [0.29, 0.717) is 0 Å². The minimum atomic E-state index is -0.00255. The first kappa shape index (κ1) is 12.4. The summed E-state index contributed by atoms with van der Waals surface area (Å²) < 4.78 is 1.85. The third-order valence-corrected chi connectivity index (χ3v) is 3.85. The lowest BCUT2D eigenvalue weighted by atomic mass is 10.2. The highest BCUT2D eigenvalue weighted by Gasteiger charge is 2.17. The quantitative estimate of drug-likeness (QED) is 0.916. The van der Waals surface area contributed by atoms with Crippen molar-refractivity contribution in [2.75, 3.05) is 18.0 Å². The van der Waals surface area contributed by atoms with Crippen LogP contribution in [-0.4, -0.2) is 27.7 Å². The van der Waals surface area contributed by atoms with Gasteiger partial charge in [-0.2, -0.15) is 5.10 Å². The van der Waals surface area contributed by atoms with Crippen LogP contribution in [-0.2, 0) is 0 Å². The van der Waals surface area contributed by atoms with Gasteiger partial charge in [-0.05, 0) is 26.2 Å². The van der Waals surface area contributed by atoms with Crippen molar-refractivity contribution in [3.63, 3.8) is 0 Å². The van der Waals surface area contributed by atoms with Crippen LogP contribution in [0.2, 0.25) is 0 Å². The van der Waals surface area contributed by atoms with Gasteiger partial charge in [-0.3, -0.25) is 0 Å². The number of anilines is 1. The third-order valence-electron chi connectivity index (χ3n) is 3.85. The van der Waals surface area contributed by atoms with Gasteiger partial charge in [0.25, 0.3) is 0 Å². The molecule has 0 spiro atoms. The van der Waals surface area contributed by atoms with E-state index in [1.54, 1.807) is 0 Å². The van der Waals surface area contributed by atoms with Crippen LogP contribution in [0, 0.1) is 6.92 Å². The van der Waals surface area contributed by atoms with E-state index >= 15 is 0 Å². The van der Waals surface area contributed by atoms with Crippen LogP contribution in [0.1, 0.15) is 43.5 Å². The lowest BCUT2D eigenvalue weighted by Gasteiger charge is -2.18. The molecule has 0 radical (unpaired) electrons. The van der Waals surface area contributed by atoms with Crippen LogP contribution in [0.15, 0.2) is 12.3 Å². The lowest BCUT2D eigenvalue weighted by Crippen LogP contribution is -2.20. The van der Waals surface area contributed by atoms with E-state index in [2.05, 4.69) is 30.0 Å². The van der Waals surface area contributed by atoms with Crippen molar-refractivity contribution in [2.45, 2.75) is 39.2 Å². The summed E-state index contributed by atoms with van der Waals surface area (Å²) in [4.78, 5) is 7.13. The van der Waals surface area contributed by atoms with E-state index < -0.39 is 0 Å². The van der Waals surface area contributed by atoms with Crippen molar-refractivity contribution >= 4 is 11.5 Å². The molecule has 1 atom stereocenters. The molecule has 5 nitrogen and oxygen atoms in total. The first-order valence-corrected chi connectivity index (χ1v) is 7.06. The fourth-order valence-electron chi connectivity index (χ4n) is 2.66. The highest BCUT2D eigenvalue weighted by molar-refractivity contribution is 5.54. The van der Waals surface area contributed by atoms with Gasteiger partial charge in [0.1, 0.15) is 5.82 Å². The molecule has 102 valence electrons.